The third kappa shape index (κ3) is 8.83. The van der Waals surface area contributed by atoms with Gasteiger partial charge in [-0.3, -0.25) is 4.99 Å². The van der Waals surface area contributed by atoms with Crippen LogP contribution in [0.5, 0.6) is 0 Å². The molecule has 0 amide bonds. The Morgan fingerprint density at radius 1 is 0.393 bits per heavy atom. The van der Waals surface area contributed by atoms with Gasteiger partial charge in [-0.25, -0.2) is 4.68 Å². The van der Waals surface area contributed by atoms with E-state index in [0.29, 0.717) is 0 Å². The summed E-state index contributed by atoms with van der Waals surface area (Å²) in [5, 5.41) is 5.39. The van der Waals surface area contributed by atoms with Crippen LogP contribution in [0.3, 0.4) is 0 Å². The molecule has 0 unspecified atom stereocenters. The summed E-state index contributed by atoms with van der Waals surface area (Å²) >= 11 is 0. The minimum Gasteiger partial charge on any atom is -0.275 e. The van der Waals surface area contributed by atoms with Crippen LogP contribution in [-0.4, -0.2) is 22.1 Å². The fourth-order valence-corrected chi connectivity index (χ4v) is 7.27. The van der Waals surface area contributed by atoms with Crippen LogP contribution in [0.1, 0.15) is 130 Å². The summed E-state index contributed by atoms with van der Waals surface area (Å²) in [7, 11) is 0. The second-order valence-electron chi connectivity index (χ2n) is 19.8. The standard InChI is InChI=1S/C53H63N3/c1-35(54-49-45(37-15-23-41(24-16-37)50(3,4)5)31-32-46(49)38-17-25-42(26-18-38)51(6,7)8)36(2)55-56-47(39-19-27-43(28-20-39)52(9,10)11)33-34-48(56)40-21-29-44(30-22-40)53(12,13)14/h15-34,49H,1-14H3/b54-35?,55-36+. The molecule has 0 saturated carbocycles. The van der Waals surface area contributed by atoms with Gasteiger partial charge >= 0.3 is 0 Å². The van der Waals surface area contributed by atoms with Gasteiger partial charge in [0.05, 0.1) is 22.8 Å². The molecule has 0 atom stereocenters. The van der Waals surface area contributed by atoms with Crippen molar-refractivity contribution in [2.75, 3.05) is 0 Å². The highest BCUT2D eigenvalue weighted by molar-refractivity contribution is 6.41. The van der Waals surface area contributed by atoms with Crippen molar-refractivity contribution in [3.05, 3.63) is 155 Å². The maximum absolute atomic E-state index is 5.53. The van der Waals surface area contributed by atoms with E-state index in [-0.39, 0.29) is 27.7 Å². The van der Waals surface area contributed by atoms with Crippen LogP contribution in [0, 0.1) is 0 Å². The maximum atomic E-state index is 5.53. The number of hydrogen-bond donors (Lipinski definition) is 0. The normalized spacial score (nSPS) is 15.0. The molecule has 0 saturated heterocycles. The van der Waals surface area contributed by atoms with E-state index in [0.717, 1.165) is 33.9 Å². The minimum atomic E-state index is -0.167. The molecule has 1 aliphatic rings. The highest BCUT2D eigenvalue weighted by Crippen LogP contribution is 2.39. The van der Waals surface area contributed by atoms with E-state index in [2.05, 4.69) is 223 Å². The Bertz CT molecular complexity index is 2140. The number of benzene rings is 4. The molecule has 290 valence electrons. The Kier molecular flexibility index (Phi) is 11.0. The Labute approximate surface area is 338 Å². The van der Waals surface area contributed by atoms with Crippen molar-refractivity contribution in [3.8, 4) is 22.5 Å². The first-order chi connectivity index (χ1) is 26.1. The molecule has 4 aromatic carbocycles. The molecule has 3 heteroatoms. The van der Waals surface area contributed by atoms with Gasteiger partial charge in [-0.05, 0) is 92.2 Å². The molecule has 0 aliphatic heterocycles. The van der Waals surface area contributed by atoms with Gasteiger partial charge in [0, 0.05) is 11.1 Å². The van der Waals surface area contributed by atoms with Gasteiger partial charge in [0.1, 0.15) is 6.04 Å². The van der Waals surface area contributed by atoms with Crippen LogP contribution in [0.2, 0.25) is 0 Å². The van der Waals surface area contributed by atoms with E-state index in [4.69, 9.17) is 10.1 Å². The molecule has 1 aliphatic carbocycles. The summed E-state index contributed by atoms with van der Waals surface area (Å²) in [5.41, 5.74) is 16.5. The van der Waals surface area contributed by atoms with Crippen LogP contribution < -0.4 is 0 Å². The van der Waals surface area contributed by atoms with Crippen LogP contribution >= 0.6 is 0 Å². The predicted molar refractivity (Wildman–Crippen MR) is 244 cm³/mol. The van der Waals surface area contributed by atoms with E-state index < -0.39 is 0 Å². The fourth-order valence-electron chi connectivity index (χ4n) is 7.27. The average Bonchev–Trinajstić information content (AvgIpc) is 3.74. The molecule has 5 aromatic rings. The molecule has 0 radical (unpaired) electrons. The highest BCUT2D eigenvalue weighted by atomic mass is 15.4. The molecule has 0 fully saturated rings. The zero-order valence-corrected chi connectivity index (χ0v) is 36.5. The Morgan fingerprint density at radius 3 is 0.964 bits per heavy atom. The third-order valence-corrected chi connectivity index (χ3v) is 11.2. The molecular formula is C53H63N3. The van der Waals surface area contributed by atoms with E-state index in [1.165, 1.54) is 44.5 Å². The van der Waals surface area contributed by atoms with Crippen molar-refractivity contribution in [1.29, 1.82) is 0 Å². The Morgan fingerprint density at radius 2 is 0.679 bits per heavy atom. The smallest absolute Gasteiger partial charge is 0.101 e. The minimum absolute atomic E-state index is 0.0763. The van der Waals surface area contributed by atoms with E-state index in [1.807, 2.05) is 0 Å². The fraction of sp³-hybridized carbons (Fsp3) is 0.358. The number of nitrogens with zero attached hydrogens (tertiary/aromatic N) is 3. The second-order valence-corrected chi connectivity index (χ2v) is 19.8. The Hall–Kier alpha value is -5.02. The molecular weight excluding hydrogens is 679 g/mol. The lowest BCUT2D eigenvalue weighted by atomic mass is 9.84. The first-order valence-corrected chi connectivity index (χ1v) is 20.3. The van der Waals surface area contributed by atoms with Gasteiger partial charge in [-0.15, -0.1) is 0 Å². The summed E-state index contributed by atoms with van der Waals surface area (Å²) in [6.07, 6.45) is 4.52. The van der Waals surface area contributed by atoms with Crippen molar-refractivity contribution < 1.29 is 0 Å². The van der Waals surface area contributed by atoms with Gasteiger partial charge in [-0.2, -0.15) is 5.10 Å². The van der Waals surface area contributed by atoms with Crippen molar-refractivity contribution in [2.45, 2.75) is 125 Å². The number of hydrogen-bond acceptors (Lipinski definition) is 2. The van der Waals surface area contributed by atoms with Crippen molar-refractivity contribution >= 4 is 22.6 Å². The highest BCUT2D eigenvalue weighted by Gasteiger charge is 2.27. The van der Waals surface area contributed by atoms with Gasteiger partial charge < -0.3 is 0 Å². The van der Waals surface area contributed by atoms with Crippen molar-refractivity contribution in [2.24, 2.45) is 10.1 Å². The summed E-state index contributed by atoms with van der Waals surface area (Å²) in [4.78, 5) is 5.53. The maximum Gasteiger partial charge on any atom is 0.101 e. The zero-order chi connectivity index (χ0) is 40.8. The molecule has 3 nitrogen and oxygen atoms in total. The monoisotopic (exact) mass is 742 g/mol. The van der Waals surface area contributed by atoms with Crippen LogP contribution in [-0.2, 0) is 21.7 Å². The largest absolute Gasteiger partial charge is 0.275 e. The molecule has 56 heavy (non-hydrogen) atoms. The van der Waals surface area contributed by atoms with E-state index in [1.54, 1.807) is 0 Å². The lowest BCUT2D eigenvalue weighted by molar-refractivity contribution is 0.590. The van der Waals surface area contributed by atoms with Crippen molar-refractivity contribution in [3.63, 3.8) is 0 Å². The molecule has 1 heterocycles. The lowest BCUT2D eigenvalue weighted by Crippen LogP contribution is -2.16. The number of allylic oxidation sites excluding steroid dienone is 2. The second kappa shape index (κ2) is 15.1. The van der Waals surface area contributed by atoms with Gasteiger partial charge in [0.2, 0.25) is 0 Å². The number of aliphatic imine (C=N–C) groups is 1. The van der Waals surface area contributed by atoms with Crippen LogP contribution in [0.4, 0.5) is 0 Å². The molecule has 0 N–H and O–H groups in total. The summed E-state index contributed by atoms with van der Waals surface area (Å²) in [6.45, 7) is 31.3. The number of rotatable bonds is 7. The molecule has 1 aromatic heterocycles. The van der Waals surface area contributed by atoms with E-state index >= 15 is 0 Å². The quantitative estimate of drug-likeness (QED) is 0.149. The van der Waals surface area contributed by atoms with Crippen molar-refractivity contribution in [1.82, 2.24) is 4.68 Å². The molecule has 0 spiro atoms. The Balaban J connectivity index is 1.44. The summed E-state index contributed by atoms with van der Waals surface area (Å²) in [6, 6.07) is 40.3. The molecule has 0 bridgehead atoms. The van der Waals surface area contributed by atoms with Crippen LogP contribution in [0.25, 0.3) is 33.7 Å². The summed E-state index contributed by atoms with van der Waals surface area (Å²) in [5.74, 6) is 0. The number of aromatic nitrogens is 1. The first-order valence-electron chi connectivity index (χ1n) is 20.3. The zero-order valence-electron chi connectivity index (χ0n) is 36.5. The first kappa shape index (κ1) is 40.6. The summed E-state index contributed by atoms with van der Waals surface area (Å²) < 4.78 is 2.12. The van der Waals surface area contributed by atoms with Gasteiger partial charge in [0.15, 0.2) is 0 Å². The van der Waals surface area contributed by atoms with E-state index in [9.17, 15) is 0 Å². The lowest BCUT2D eigenvalue weighted by Gasteiger charge is -2.22. The SMILES string of the molecule is CC(=NC1C(c2ccc(C(C)(C)C)cc2)=CC=C1c1ccc(C(C)(C)C)cc1)/C(C)=N/n1c(-c2ccc(C(C)(C)C)cc2)ccc1-c1ccc(C(C)(C)C)cc1. The molecule has 6 rings (SSSR count). The van der Waals surface area contributed by atoms with Crippen LogP contribution in [0.15, 0.2) is 131 Å². The van der Waals surface area contributed by atoms with Gasteiger partial charge in [0.25, 0.3) is 0 Å². The third-order valence-electron chi connectivity index (χ3n) is 11.2. The average molecular weight is 742 g/mol. The predicted octanol–water partition coefficient (Wildman–Crippen LogP) is 14.2. The van der Waals surface area contributed by atoms with Gasteiger partial charge in [-0.1, -0.05) is 192 Å². The topological polar surface area (TPSA) is 29.6 Å².